The van der Waals surface area contributed by atoms with Crippen LogP contribution in [0.5, 0.6) is 0 Å². The number of para-hydroxylation sites is 1. The van der Waals surface area contributed by atoms with Gasteiger partial charge < -0.3 is 15.0 Å². The van der Waals surface area contributed by atoms with Crippen LogP contribution in [0.4, 0.5) is 5.69 Å². The van der Waals surface area contributed by atoms with Crippen molar-refractivity contribution in [3.63, 3.8) is 0 Å². The van der Waals surface area contributed by atoms with Crippen LogP contribution >= 0.6 is 0 Å². The van der Waals surface area contributed by atoms with Crippen molar-refractivity contribution in [3.8, 4) is 0 Å². The van der Waals surface area contributed by atoms with Crippen molar-refractivity contribution < 1.29 is 9.26 Å². The Labute approximate surface area is 106 Å². The Morgan fingerprint density at radius 1 is 1.33 bits per heavy atom. The molecule has 5 nitrogen and oxygen atoms in total. The predicted octanol–water partition coefficient (Wildman–Crippen LogP) is 2.14. The number of ether oxygens (including phenoxy) is 1. The van der Waals surface area contributed by atoms with Gasteiger partial charge in [-0.25, -0.2) is 0 Å². The quantitative estimate of drug-likeness (QED) is 0.819. The van der Waals surface area contributed by atoms with Crippen LogP contribution in [0.3, 0.4) is 0 Å². The van der Waals surface area contributed by atoms with Gasteiger partial charge in [-0.2, -0.15) is 4.98 Å². The van der Waals surface area contributed by atoms with Crippen LogP contribution in [0.15, 0.2) is 28.8 Å². The normalized spacial score (nSPS) is 12.6. The minimum absolute atomic E-state index is 0.149. The third-order valence-electron chi connectivity index (χ3n) is 2.86. The van der Waals surface area contributed by atoms with E-state index < -0.39 is 0 Å². The number of nitrogens with two attached hydrogens (primary N) is 1. The molecule has 1 unspecified atom stereocenters. The highest BCUT2D eigenvalue weighted by Crippen LogP contribution is 2.15. The molecule has 0 saturated carbocycles. The Bertz CT molecular complexity index is 510. The summed E-state index contributed by atoms with van der Waals surface area (Å²) in [5.41, 5.74) is 7.76. The summed E-state index contributed by atoms with van der Waals surface area (Å²) in [6.45, 7) is 1.88. The van der Waals surface area contributed by atoms with Crippen molar-refractivity contribution in [3.05, 3.63) is 41.5 Å². The summed E-state index contributed by atoms with van der Waals surface area (Å²) in [6, 6.07) is 7.79. The van der Waals surface area contributed by atoms with E-state index in [1.54, 1.807) is 7.11 Å². The molecule has 0 aliphatic carbocycles. The Morgan fingerprint density at radius 2 is 2.11 bits per heavy atom. The first-order valence-electron chi connectivity index (χ1n) is 5.89. The summed E-state index contributed by atoms with van der Waals surface area (Å²) in [6.07, 6.45) is 1.32. The van der Waals surface area contributed by atoms with E-state index in [1.807, 2.05) is 31.2 Å². The van der Waals surface area contributed by atoms with Crippen LogP contribution in [-0.4, -0.2) is 17.3 Å². The van der Waals surface area contributed by atoms with Crippen LogP contribution < -0.4 is 5.73 Å². The lowest BCUT2D eigenvalue weighted by Gasteiger charge is -2.02. The molecule has 2 aromatic rings. The Kier molecular flexibility index (Phi) is 3.94. The number of aromatic nitrogens is 2. The molecule has 2 N–H and O–H groups in total. The summed E-state index contributed by atoms with van der Waals surface area (Å²) < 4.78 is 10.3. The van der Waals surface area contributed by atoms with E-state index in [2.05, 4.69) is 10.1 Å². The maximum atomic E-state index is 5.87. The third kappa shape index (κ3) is 2.87. The number of aryl methyl sites for hydroxylation is 2. The fraction of sp³-hybridized carbons (Fsp3) is 0.385. The zero-order valence-electron chi connectivity index (χ0n) is 10.6. The van der Waals surface area contributed by atoms with Gasteiger partial charge in [-0.05, 0) is 25.0 Å². The maximum absolute atomic E-state index is 5.87. The second kappa shape index (κ2) is 5.64. The van der Waals surface area contributed by atoms with E-state index in [0.29, 0.717) is 18.1 Å². The number of benzene rings is 1. The lowest BCUT2D eigenvalue weighted by atomic mass is 10.1. The molecule has 0 fully saturated rings. The first kappa shape index (κ1) is 12.6. The fourth-order valence-corrected chi connectivity index (χ4v) is 1.64. The van der Waals surface area contributed by atoms with Gasteiger partial charge in [0.1, 0.15) is 6.10 Å². The zero-order chi connectivity index (χ0) is 13.0. The average molecular weight is 247 g/mol. The smallest absolute Gasteiger partial charge is 0.227 e. The molecule has 0 aliphatic heterocycles. The topological polar surface area (TPSA) is 74.2 Å². The van der Waals surface area contributed by atoms with Gasteiger partial charge in [0.2, 0.25) is 5.89 Å². The second-order valence-electron chi connectivity index (χ2n) is 4.12. The molecular weight excluding hydrogens is 230 g/mol. The van der Waals surface area contributed by atoms with Gasteiger partial charge in [-0.1, -0.05) is 23.4 Å². The lowest BCUT2D eigenvalue weighted by Crippen LogP contribution is -1.99. The molecule has 0 saturated heterocycles. The predicted molar refractivity (Wildman–Crippen MR) is 68.0 cm³/mol. The standard InChI is InChI=1S/C13H17N3O2/c1-9(17-2)13-15-12(18-16-13)8-7-10-5-3-4-6-11(10)14/h3-6,9H,7-8,14H2,1-2H3. The van der Waals surface area contributed by atoms with Crippen molar-refractivity contribution in [1.29, 1.82) is 0 Å². The van der Waals surface area contributed by atoms with Crippen molar-refractivity contribution >= 4 is 5.69 Å². The molecule has 0 amide bonds. The molecule has 0 aliphatic rings. The lowest BCUT2D eigenvalue weighted by molar-refractivity contribution is 0.109. The largest absolute Gasteiger partial charge is 0.399 e. The molecule has 1 aromatic heterocycles. The third-order valence-corrected chi connectivity index (χ3v) is 2.86. The molecule has 0 spiro atoms. The second-order valence-corrected chi connectivity index (χ2v) is 4.12. The first-order chi connectivity index (χ1) is 8.70. The molecule has 1 heterocycles. The molecule has 2 rings (SSSR count). The maximum Gasteiger partial charge on any atom is 0.227 e. The fourth-order valence-electron chi connectivity index (χ4n) is 1.64. The Hall–Kier alpha value is -1.88. The van der Waals surface area contributed by atoms with Gasteiger partial charge in [0, 0.05) is 19.2 Å². The molecular formula is C13H17N3O2. The summed E-state index contributed by atoms with van der Waals surface area (Å²) in [5.74, 6) is 1.19. The number of anilines is 1. The minimum atomic E-state index is -0.149. The van der Waals surface area contributed by atoms with E-state index in [-0.39, 0.29) is 6.10 Å². The van der Waals surface area contributed by atoms with Gasteiger partial charge in [0.15, 0.2) is 5.82 Å². The average Bonchev–Trinajstić information content (AvgIpc) is 2.86. The van der Waals surface area contributed by atoms with Crippen LogP contribution in [-0.2, 0) is 17.6 Å². The number of hydrogen-bond acceptors (Lipinski definition) is 5. The Balaban J connectivity index is 1.98. The molecule has 5 heteroatoms. The van der Waals surface area contributed by atoms with Crippen molar-refractivity contribution in [2.75, 3.05) is 12.8 Å². The van der Waals surface area contributed by atoms with Crippen molar-refractivity contribution in [1.82, 2.24) is 10.1 Å². The minimum Gasteiger partial charge on any atom is -0.399 e. The van der Waals surface area contributed by atoms with Crippen LogP contribution in [0, 0.1) is 0 Å². The van der Waals surface area contributed by atoms with Crippen molar-refractivity contribution in [2.24, 2.45) is 0 Å². The highest BCUT2D eigenvalue weighted by molar-refractivity contribution is 5.46. The zero-order valence-corrected chi connectivity index (χ0v) is 10.6. The Morgan fingerprint density at radius 3 is 2.83 bits per heavy atom. The van der Waals surface area contributed by atoms with E-state index >= 15 is 0 Å². The number of nitrogen functional groups attached to an aromatic ring is 1. The number of methoxy groups -OCH3 is 1. The van der Waals surface area contributed by atoms with Crippen LogP contribution in [0.2, 0.25) is 0 Å². The van der Waals surface area contributed by atoms with Gasteiger partial charge in [-0.15, -0.1) is 0 Å². The van der Waals surface area contributed by atoms with Crippen molar-refractivity contribution in [2.45, 2.75) is 25.9 Å². The molecule has 18 heavy (non-hydrogen) atoms. The summed E-state index contributed by atoms with van der Waals surface area (Å²) in [5, 5.41) is 3.88. The van der Waals surface area contributed by atoms with Gasteiger partial charge in [0.25, 0.3) is 0 Å². The SMILES string of the molecule is COC(C)c1noc(CCc2ccccc2N)n1. The van der Waals surface area contributed by atoms with E-state index in [4.69, 9.17) is 15.0 Å². The number of rotatable bonds is 5. The summed E-state index contributed by atoms with van der Waals surface area (Å²) in [4.78, 5) is 4.28. The molecule has 0 bridgehead atoms. The molecule has 0 radical (unpaired) electrons. The first-order valence-corrected chi connectivity index (χ1v) is 5.89. The number of hydrogen-bond donors (Lipinski definition) is 1. The summed E-state index contributed by atoms with van der Waals surface area (Å²) in [7, 11) is 1.62. The molecule has 1 aromatic carbocycles. The monoisotopic (exact) mass is 247 g/mol. The van der Waals surface area contributed by atoms with E-state index in [0.717, 1.165) is 17.7 Å². The summed E-state index contributed by atoms with van der Waals surface area (Å²) >= 11 is 0. The van der Waals surface area contributed by atoms with E-state index in [1.165, 1.54) is 0 Å². The highest BCUT2D eigenvalue weighted by Gasteiger charge is 2.12. The number of nitrogens with zero attached hydrogens (tertiary/aromatic N) is 2. The molecule has 96 valence electrons. The highest BCUT2D eigenvalue weighted by atomic mass is 16.5. The van der Waals surface area contributed by atoms with Crippen LogP contribution in [0.25, 0.3) is 0 Å². The van der Waals surface area contributed by atoms with Gasteiger partial charge >= 0.3 is 0 Å². The van der Waals surface area contributed by atoms with Gasteiger partial charge in [-0.3, -0.25) is 0 Å². The van der Waals surface area contributed by atoms with E-state index in [9.17, 15) is 0 Å². The van der Waals surface area contributed by atoms with Crippen LogP contribution in [0.1, 0.15) is 30.3 Å². The molecule has 1 atom stereocenters. The van der Waals surface area contributed by atoms with Gasteiger partial charge in [0.05, 0.1) is 0 Å².